The van der Waals surface area contributed by atoms with Crippen molar-refractivity contribution in [2.45, 2.75) is 125 Å². The zero-order valence-corrected chi connectivity index (χ0v) is 23.4. The Morgan fingerprint density at radius 2 is 1.71 bits per heavy atom. The molecule has 0 aromatic heterocycles. The monoisotopic (exact) mass is 486 g/mol. The van der Waals surface area contributed by atoms with Crippen molar-refractivity contribution in [1.82, 2.24) is 0 Å². The van der Waals surface area contributed by atoms with Crippen LogP contribution in [0.5, 0.6) is 0 Å². The third-order valence-corrected chi connectivity index (χ3v) is 11.0. The lowest BCUT2D eigenvalue weighted by molar-refractivity contribution is -0.152. The van der Waals surface area contributed by atoms with E-state index in [0.29, 0.717) is 23.2 Å². The van der Waals surface area contributed by atoms with Gasteiger partial charge in [0.25, 0.3) is 0 Å². The first-order valence-electron chi connectivity index (χ1n) is 14.5. The Kier molecular flexibility index (Phi) is 7.80. The van der Waals surface area contributed by atoms with Crippen LogP contribution in [0.3, 0.4) is 0 Å². The number of hydrogen-bond donors (Lipinski definition) is 0. The van der Waals surface area contributed by atoms with Crippen LogP contribution in [0.4, 0.5) is 0 Å². The van der Waals surface area contributed by atoms with E-state index in [-0.39, 0.29) is 29.6 Å². The highest BCUT2D eigenvalue weighted by Gasteiger charge is 2.59. The van der Waals surface area contributed by atoms with Crippen molar-refractivity contribution in [1.29, 1.82) is 0 Å². The maximum Gasteiger partial charge on any atom is 0.302 e. The first kappa shape index (κ1) is 26.7. The Hall–Kier alpha value is -1.32. The summed E-state index contributed by atoms with van der Waals surface area (Å²) in [5.41, 5.74) is 2.17. The normalized spacial score (nSPS) is 40.1. The summed E-state index contributed by atoms with van der Waals surface area (Å²) in [6.07, 6.45) is 14.2. The van der Waals surface area contributed by atoms with Crippen LogP contribution < -0.4 is 0 Å². The molecule has 35 heavy (non-hydrogen) atoms. The molecule has 0 saturated heterocycles. The van der Waals surface area contributed by atoms with E-state index in [1.54, 1.807) is 12.5 Å². The van der Waals surface area contributed by atoms with Crippen LogP contribution in [0.25, 0.3) is 0 Å². The van der Waals surface area contributed by atoms with Gasteiger partial charge in [-0.2, -0.15) is 0 Å². The largest absolute Gasteiger partial charge is 0.462 e. The van der Waals surface area contributed by atoms with Gasteiger partial charge in [0.1, 0.15) is 12.2 Å². The lowest BCUT2D eigenvalue weighted by Gasteiger charge is -2.58. The van der Waals surface area contributed by atoms with Crippen LogP contribution in [0.1, 0.15) is 113 Å². The molecule has 4 aliphatic carbocycles. The molecule has 0 bridgehead atoms. The van der Waals surface area contributed by atoms with Gasteiger partial charge >= 0.3 is 11.9 Å². The SMILES string of the molecule is CC(=O)O[C@H]1CC[C@@]2(C)C(=CC[C@@H]3[C@H]4CC[C@H]([C@H](C)[C@H](CCC(C)C)OC(C)=O)[C@@]4(C)CC[C@H]32)C1. The predicted molar refractivity (Wildman–Crippen MR) is 140 cm³/mol. The minimum absolute atomic E-state index is 0.0418. The van der Waals surface area contributed by atoms with Crippen LogP contribution in [-0.4, -0.2) is 24.1 Å². The molecular weight excluding hydrogens is 436 g/mol. The van der Waals surface area contributed by atoms with Gasteiger partial charge in [0, 0.05) is 20.3 Å². The van der Waals surface area contributed by atoms with Crippen LogP contribution >= 0.6 is 0 Å². The molecule has 0 spiro atoms. The molecule has 0 N–H and O–H groups in total. The standard InChI is InChI=1S/C31H50O4/c1-19(2)8-13-29(35-22(5)33)20(3)26-11-12-27-25-10-9-23-18-24(34-21(4)32)14-16-30(23,6)28(25)15-17-31(26,27)7/h9,19-20,24-29H,8,10-18H2,1-7H3/t20-,24-,25+,26+,27+,28+,29-,30-,31+/m0/s1. The number of carbonyl (C=O) groups is 2. The average Bonchev–Trinajstić information content (AvgIpc) is 3.13. The Balaban J connectivity index is 1.51. The highest BCUT2D eigenvalue weighted by Crippen LogP contribution is 2.67. The first-order valence-corrected chi connectivity index (χ1v) is 14.5. The molecule has 0 aromatic rings. The summed E-state index contributed by atoms with van der Waals surface area (Å²) in [6, 6.07) is 0. The summed E-state index contributed by atoms with van der Waals surface area (Å²) < 4.78 is 11.6. The lowest BCUT2D eigenvalue weighted by Crippen LogP contribution is -2.51. The maximum absolute atomic E-state index is 12.0. The van der Waals surface area contributed by atoms with Crippen molar-refractivity contribution in [2.75, 3.05) is 0 Å². The first-order chi connectivity index (χ1) is 16.5. The molecule has 0 aromatic carbocycles. The molecule has 4 heteroatoms. The van der Waals surface area contributed by atoms with Crippen LogP contribution in [0, 0.1) is 46.3 Å². The molecule has 0 amide bonds. The van der Waals surface area contributed by atoms with Gasteiger partial charge in [-0.3, -0.25) is 9.59 Å². The zero-order chi connectivity index (χ0) is 25.5. The topological polar surface area (TPSA) is 52.6 Å². The Bertz CT molecular complexity index is 830. The van der Waals surface area contributed by atoms with Gasteiger partial charge in [-0.15, -0.1) is 0 Å². The smallest absolute Gasteiger partial charge is 0.302 e. The summed E-state index contributed by atoms with van der Waals surface area (Å²) in [6.45, 7) is 15.1. The summed E-state index contributed by atoms with van der Waals surface area (Å²) in [4.78, 5) is 23.5. The van der Waals surface area contributed by atoms with Gasteiger partial charge < -0.3 is 9.47 Å². The highest BCUT2D eigenvalue weighted by atomic mass is 16.5. The molecule has 3 fully saturated rings. The molecule has 0 aliphatic heterocycles. The predicted octanol–water partition coefficient (Wildman–Crippen LogP) is 7.50. The summed E-state index contributed by atoms with van der Waals surface area (Å²) in [5, 5.41) is 0. The summed E-state index contributed by atoms with van der Waals surface area (Å²) in [5.74, 6) is 3.66. The Morgan fingerprint density at radius 3 is 2.37 bits per heavy atom. The van der Waals surface area contributed by atoms with Crippen molar-refractivity contribution < 1.29 is 19.1 Å². The van der Waals surface area contributed by atoms with Gasteiger partial charge in [0.2, 0.25) is 0 Å². The number of rotatable bonds is 7. The molecule has 4 nitrogen and oxygen atoms in total. The molecule has 0 radical (unpaired) electrons. The maximum atomic E-state index is 12.0. The zero-order valence-electron chi connectivity index (χ0n) is 23.4. The van der Waals surface area contributed by atoms with E-state index in [9.17, 15) is 9.59 Å². The summed E-state index contributed by atoms with van der Waals surface area (Å²) >= 11 is 0. The van der Waals surface area contributed by atoms with E-state index in [1.165, 1.54) is 39.0 Å². The van der Waals surface area contributed by atoms with E-state index >= 15 is 0 Å². The lowest BCUT2D eigenvalue weighted by atomic mass is 9.47. The highest BCUT2D eigenvalue weighted by molar-refractivity contribution is 5.66. The van der Waals surface area contributed by atoms with Crippen LogP contribution in [-0.2, 0) is 19.1 Å². The minimum Gasteiger partial charge on any atom is -0.462 e. The molecule has 9 atom stereocenters. The van der Waals surface area contributed by atoms with E-state index in [1.807, 2.05) is 0 Å². The van der Waals surface area contributed by atoms with Gasteiger partial charge in [-0.1, -0.05) is 46.3 Å². The number of fused-ring (bicyclic) bond motifs is 5. The molecule has 0 heterocycles. The van der Waals surface area contributed by atoms with Crippen molar-refractivity contribution >= 4 is 11.9 Å². The van der Waals surface area contributed by atoms with Gasteiger partial charge in [-0.05, 0) is 104 Å². The quantitative estimate of drug-likeness (QED) is 0.276. The average molecular weight is 487 g/mol. The van der Waals surface area contributed by atoms with Crippen LogP contribution in [0.15, 0.2) is 11.6 Å². The van der Waals surface area contributed by atoms with Crippen molar-refractivity contribution in [3.63, 3.8) is 0 Å². The third kappa shape index (κ3) is 5.10. The fourth-order valence-electron chi connectivity index (χ4n) is 9.27. The molecule has 4 rings (SSSR count). The molecular formula is C31H50O4. The second-order valence-corrected chi connectivity index (χ2v) is 13.4. The Morgan fingerprint density at radius 1 is 0.971 bits per heavy atom. The van der Waals surface area contributed by atoms with Crippen LogP contribution in [0.2, 0.25) is 0 Å². The number of esters is 2. The number of ether oxygens (including phenoxy) is 2. The molecule has 198 valence electrons. The van der Waals surface area contributed by atoms with E-state index < -0.39 is 0 Å². The van der Waals surface area contributed by atoms with Gasteiger partial charge in [0.05, 0.1) is 0 Å². The number of hydrogen-bond acceptors (Lipinski definition) is 4. The molecule has 3 saturated carbocycles. The summed E-state index contributed by atoms with van der Waals surface area (Å²) in [7, 11) is 0. The van der Waals surface area contributed by atoms with E-state index in [0.717, 1.165) is 49.9 Å². The van der Waals surface area contributed by atoms with Crippen molar-refractivity contribution in [3.05, 3.63) is 11.6 Å². The number of allylic oxidation sites excluding steroid dienone is 1. The van der Waals surface area contributed by atoms with Gasteiger partial charge in [-0.25, -0.2) is 0 Å². The minimum atomic E-state index is -0.145. The van der Waals surface area contributed by atoms with E-state index in [2.05, 4.69) is 40.7 Å². The number of carbonyl (C=O) groups excluding carboxylic acids is 2. The second-order valence-electron chi connectivity index (χ2n) is 13.4. The van der Waals surface area contributed by atoms with Crippen molar-refractivity contribution in [2.24, 2.45) is 46.3 Å². The van der Waals surface area contributed by atoms with E-state index in [4.69, 9.17) is 9.47 Å². The third-order valence-electron chi connectivity index (χ3n) is 11.0. The molecule has 0 unspecified atom stereocenters. The fraction of sp³-hybridized carbons (Fsp3) is 0.871. The molecule has 4 aliphatic rings. The second kappa shape index (κ2) is 10.2. The fourth-order valence-corrected chi connectivity index (χ4v) is 9.27. The Labute approximate surface area is 214 Å². The van der Waals surface area contributed by atoms with Crippen molar-refractivity contribution in [3.8, 4) is 0 Å². The van der Waals surface area contributed by atoms with Gasteiger partial charge in [0.15, 0.2) is 0 Å².